The van der Waals surface area contributed by atoms with Crippen molar-refractivity contribution in [2.24, 2.45) is 4.99 Å². The molecule has 1 heterocycles. The van der Waals surface area contributed by atoms with Gasteiger partial charge < -0.3 is 25.3 Å². The van der Waals surface area contributed by atoms with E-state index in [1.165, 1.54) is 4.90 Å². The first-order valence-corrected chi connectivity index (χ1v) is 8.23. The highest BCUT2D eigenvalue weighted by atomic mass is 16.3. The van der Waals surface area contributed by atoms with E-state index in [2.05, 4.69) is 20.9 Å². The molecule has 0 bridgehead atoms. The van der Waals surface area contributed by atoms with Crippen molar-refractivity contribution in [3.63, 3.8) is 0 Å². The third-order valence-electron chi connectivity index (χ3n) is 3.05. The summed E-state index contributed by atoms with van der Waals surface area (Å²) in [6.07, 6.45) is 2.29. The molecule has 8 heteroatoms. The molecule has 0 saturated heterocycles. The van der Waals surface area contributed by atoms with Crippen LogP contribution in [0.15, 0.2) is 27.8 Å². The minimum Gasteiger partial charge on any atom is -0.469 e. The van der Waals surface area contributed by atoms with Crippen LogP contribution < -0.4 is 16.0 Å². The van der Waals surface area contributed by atoms with Crippen LogP contribution >= 0.6 is 0 Å². The van der Waals surface area contributed by atoms with Crippen molar-refractivity contribution < 1.29 is 14.0 Å². The van der Waals surface area contributed by atoms with Crippen molar-refractivity contribution in [2.45, 2.75) is 32.7 Å². The third-order valence-corrected chi connectivity index (χ3v) is 3.05. The quantitative estimate of drug-likeness (QED) is 0.487. The number of carbonyl (C=O) groups excluding carboxylic acids is 2. The van der Waals surface area contributed by atoms with E-state index in [-0.39, 0.29) is 30.4 Å². The largest absolute Gasteiger partial charge is 0.469 e. The highest BCUT2D eigenvalue weighted by molar-refractivity contribution is 5.88. The monoisotopic (exact) mass is 351 g/mol. The zero-order chi connectivity index (χ0) is 18.9. The van der Waals surface area contributed by atoms with Gasteiger partial charge in [0.15, 0.2) is 5.96 Å². The molecule has 0 unspecified atom stereocenters. The van der Waals surface area contributed by atoms with Gasteiger partial charge in [-0.05, 0) is 32.9 Å². The average molecular weight is 351 g/mol. The van der Waals surface area contributed by atoms with Gasteiger partial charge in [-0.3, -0.25) is 9.59 Å². The molecule has 1 rings (SSSR count). The van der Waals surface area contributed by atoms with Gasteiger partial charge in [0.2, 0.25) is 11.8 Å². The Morgan fingerprint density at radius 1 is 1.24 bits per heavy atom. The van der Waals surface area contributed by atoms with Crippen LogP contribution in [0.1, 0.15) is 26.5 Å². The summed E-state index contributed by atoms with van der Waals surface area (Å²) in [6, 6.07) is 3.72. The molecule has 0 fully saturated rings. The maximum atomic E-state index is 11.9. The first kappa shape index (κ1) is 20.5. The van der Waals surface area contributed by atoms with E-state index in [0.29, 0.717) is 18.9 Å². The Bertz CT molecular complexity index is 574. The van der Waals surface area contributed by atoms with Crippen molar-refractivity contribution in [2.75, 3.05) is 33.7 Å². The van der Waals surface area contributed by atoms with Crippen LogP contribution in [0.4, 0.5) is 0 Å². The molecule has 0 saturated carbocycles. The first-order chi connectivity index (χ1) is 11.7. The molecule has 0 aliphatic carbocycles. The van der Waals surface area contributed by atoms with Crippen molar-refractivity contribution in [1.82, 2.24) is 20.9 Å². The van der Waals surface area contributed by atoms with E-state index in [0.717, 1.165) is 5.76 Å². The summed E-state index contributed by atoms with van der Waals surface area (Å²) >= 11 is 0. The number of guanidine groups is 1. The Morgan fingerprint density at radius 2 is 1.96 bits per heavy atom. The van der Waals surface area contributed by atoms with Crippen LogP contribution in [-0.2, 0) is 16.0 Å². The second-order valence-electron chi connectivity index (χ2n) is 6.86. The van der Waals surface area contributed by atoms with Gasteiger partial charge >= 0.3 is 0 Å². The van der Waals surface area contributed by atoms with E-state index in [1.807, 2.05) is 32.9 Å². The Labute approximate surface area is 149 Å². The lowest BCUT2D eigenvalue weighted by atomic mass is 10.1. The number of rotatable bonds is 7. The molecule has 0 aromatic carbocycles. The smallest absolute Gasteiger partial charge is 0.242 e. The van der Waals surface area contributed by atoms with Gasteiger partial charge in [0.1, 0.15) is 12.3 Å². The predicted molar refractivity (Wildman–Crippen MR) is 97.3 cm³/mol. The molecule has 0 aliphatic rings. The normalized spacial score (nSPS) is 11.8. The summed E-state index contributed by atoms with van der Waals surface area (Å²) < 4.78 is 5.27. The van der Waals surface area contributed by atoms with E-state index >= 15 is 0 Å². The fourth-order valence-electron chi connectivity index (χ4n) is 1.86. The molecule has 0 aliphatic heterocycles. The van der Waals surface area contributed by atoms with E-state index in [4.69, 9.17) is 4.42 Å². The van der Waals surface area contributed by atoms with Gasteiger partial charge in [-0.2, -0.15) is 0 Å². The number of hydrogen-bond acceptors (Lipinski definition) is 4. The van der Waals surface area contributed by atoms with Gasteiger partial charge in [0.05, 0.1) is 12.8 Å². The van der Waals surface area contributed by atoms with Crippen molar-refractivity contribution in [3.05, 3.63) is 24.2 Å². The molecule has 0 spiro atoms. The highest BCUT2D eigenvalue weighted by Crippen LogP contribution is 1.99. The topological polar surface area (TPSA) is 99.0 Å². The molecular weight excluding hydrogens is 322 g/mol. The van der Waals surface area contributed by atoms with Gasteiger partial charge in [0, 0.05) is 32.6 Å². The molecule has 140 valence electrons. The average Bonchev–Trinajstić information content (AvgIpc) is 3.00. The Balaban J connectivity index is 2.57. The zero-order valence-electron chi connectivity index (χ0n) is 15.7. The van der Waals surface area contributed by atoms with Crippen LogP contribution in [0.2, 0.25) is 0 Å². The van der Waals surface area contributed by atoms with E-state index in [9.17, 15) is 9.59 Å². The molecule has 0 atom stereocenters. The minimum atomic E-state index is -0.312. The molecular formula is C17H29N5O3. The van der Waals surface area contributed by atoms with E-state index < -0.39 is 0 Å². The van der Waals surface area contributed by atoms with Crippen LogP contribution in [-0.4, -0.2) is 61.9 Å². The summed E-state index contributed by atoms with van der Waals surface area (Å²) in [5.41, 5.74) is -0.312. The molecule has 3 N–H and O–H groups in total. The van der Waals surface area contributed by atoms with Crippen molar-refractivity contribution in [1.29, 1.82) is 0 Å². The van der Waals surface area contributed by atoms with Gasteiger partial charge in [-0.15, -0.1) is 0 Å². The third kappa shape index (κ3) is 9.39. The van der Waals surface area contributed by atoms with Crippen LogP contribution in [0.5, 0.6) is 0 Å². The summed E-state index contributed by atoms with van der Waals surface area (Å²) in [6.45, 7) is 6.36. The molecule has 0 radical (unpaired) electrons. The van der Waals surface area contributed by atoms with Crippen LogP contribution in [0.25, 0.3) is 0 Å². The van der Waals surface area contributed by atoms with E-state index in [1.54, 1.807) is 20.4 Å². The first-order valence-electron chi connectivity index (χ1n) is 8.23. The van der Waals surface area contributed by atoms with Crippen LogP contribution in [0, 0.1) is 0 Å². The Hall–Kier alpha value is -2.51. The molecule has 1 aromatic heterocycles. The summed E-state index contributed by atoms with van der Waals surface area (Å²) in [4.78, 5) is 29.4. The lowest BCUT2D eigenvalue weighted by molar-refractivity contribution is -0.127. The van der Waals surface area contributed by atoms with Gasteiger partial charge in [-0.1, -0.05) is 0 Å². The number of nitrogens with zero attached hydrogens (tertiary/aromatic N) is 2. The number of carbonyl (C=O) groups is 2. The maximum Gasteiger partial charge on any atom is 0.242 e. The summed E-state index contributed by atoms with van der Waals surface area (Å²) in [5, 5.41) is 8.88. The fraction of sp³-hybridized carbons (Fsp3) is 0.588. The number of hydrogen-bond donors (Lipinski definition) is 3. The number of likely N-dealkylation sites (N-methyl/N-ethyl adjacent to an activating group) is 1. The minimum absolute atomic E-state index is 0.0243. The van der Waals surface area contributed by atoms with Crippen molar-refractivity contribution in [3.8, 4) is 0 Å². The highest BCUT2D eigenvalue weighted by Gasteiger charge is 2.13. The molecule has 2 amide bonds. The lowest BCUT2D eigenvalue weighted by Gasteiger charge is -2.20. The second kappa shape index (κ2) is 9.71. The lowest BCUT2D eigenvalue weighted by Crippen LogP contribution is -2.45. The van der Waals surface area contributed by atoms with Crippen LogP contribution in [0.3, 0.4) is 0 Å². The zero-order valence-corrected chi connectivity index (χ0v) is 15.7. The number of furan rings is 1. The summed E-state index contributed by atoms with van der Waals surface area (Å²) in [7, 11) is 3.36. The fourth-order valence-corrected chi connectivity index (χ4v) is 1.86. The SMILES string of the molecule is CN(C)C(=O)CNC(=NCC(=O)NC(C)(C)C)NCCc1ccco1. The number of nitrogens with one attached hydrogen (secondary N) is 3. The molecule has 1 aromatic rings. The Morgan fingerprint density at radius 3 is 2.52 bits per heavy atom. The maximum absolute atomic E-state index is 11.9. The molecule has 8 nitrogen and oxygen atoms in total. The summed E-state index contributed by atoms with van der Waals surface area (Å²) in [5.74, 6) is 0.991. The molecule has 25 heavy (non-hydrogen) atoms. The number of amides is 2. The predicted octanol–water partition coefficient (Wildman–Crippen LogP) is 0.360. The second-order valence-corrected chi connectivity index (χ2v) is 6.86. The Kier molecular flexibility index (Phi) is 7.97. The van der Waals surface area contributed by atoms with Gasteiger partial charge in [-0.25, -0.2) is 4.99 Å². The van der Waals surface area contributed by atoms with Crippen molar-refractivity contribution >= 4 is 17.8 Å². The van der Waals surface area contributed by atoms with Gasteiger partial charge in [0.25, 0.3) is 0 Å². The number of aliphatic imine (C=N–C) groups is 1. The standard InChI is InChI=1S/C17H29N5O3/c1-17(2,3)21-14(23)11-19-16(20-12-15(24)22(4)5)18-9-8-13-7-6-10-25-13/h6-7,10H,8-9,11-12H2,1-5H3,(H,21,23)(H2,18,19,20).